The van der Waals surface area contributed by atoms with Crippen LogP contribution in [-0.2, 0) is 4.52 Å². The number of benzene rings is 1. The molecule has 0 aromatic heterocycles. The first-order valence-corrected chi connectivity index (χ1v) is 5.60. The van der Waals surface area contributed by atoms with Crippen molar-refractivity contribution in [2.45, 2.75) is 32.8 Å². The lowest BCUT2D eigenvalue weighted by Gasteiger charge is -2.22. The number of hydrogen-bond acceptors (Lipinski definition) is 2. The summed E-state index contributed by atoms with van der Waals surface area (Å²) in [5.74, 6) is 0.859. The zero-order chi connectivity index (χ0) is 10.4. The molecule has 0 aliphatic rings. The van der Waals surface area contributed by atoms with Gasteiger partial charge in [0.1, 0.15) is 5.75 Å². The minimum atomic E-state index is -0.0901. The highest BCUT2D eigenvalue weighted by molar-refractivity contribution is 7.26. The summed E-state index contributed by atoms with van der Waals surface area (Å²) in [4.78, 5) is 0. The van der Waals surface area contributed by atoms with Gasteiger partial charge in [-0.2, -0.15) is 0 Å². The molecule has 2 nitrogen and oxygen atoms in total. The van der Waals surface area contributed by atoms with E-state index in [1.807, 2.05) is 30.3 Å². The first-order valence-electron chi connectivity index (χ1n) is 4.79. The Labute approximate surface area is 99.7 Å². The van der Waals surface area contributed by atoms with E-state index in [1.165, 1.54) is 0 Å². The lowest BCUT2D eigenvalue weighted by atomic mass is 10.1. The van der Waals surface area contributed by atoms with E-state index in [0.717, 1.165) is 12.2 Å². The molecule has 1 unspecified atom stereocenters. The molecule has 0 saturated heterocycles. The summed E-state index contributed by atoms with van der Waals surface area (Å²) in [6.45, 7) is 6.23. The SMILES string of the molecule is CCC(C)(C)OPOc1ccccc1.Cl. The molecule has 0 N–H and O–H groups in total. The number of halogens is 1. The van der Waals surface area contributed by atoms with Crippen molar-refractivity contribution in [2.24, 2.45) is 0 Å². The van der Waals surface area contributed by atoms with Crippen molar-refractivity contribution in [2.75, 3.05) is 0 Å². The van der Waals surface area contributed by atoms with Crippen LogP contribution in [0.4, 0.5) is 0 Å². The average molecular weight is 249 g/mol. The van der Waals surface area contributed by atoms with Gasteiger partial charge in [0, 0.05) is 0 Å². The molecule has 0 spiro atoms. The number of rotatable bonds is 5. The summed E-state index contributed by atoms with van der Waals surface area (Å²) in [5, 5.41) is 0. The lowest BCUT2D eigenvalue weighted by Crippen LogP contribution is -2.18. The van der Waals surface area contributed by atoms with Crippen LogP contribution >= 0.6 is 21.4 Å². The smallest absolute Gasteiger partial charge is 0.215 e. The van der Waals surface area contributed by atoms with Crippen LogP contribution in [-0.4, -0.2) is 5.60 Å². The molecule has 4 heteroatoms. The summed E-state index contributed by atoms with van der Waals surface area (Å²) in [5.41, 5.74) is -0.0901. The van der Waals surface area contributed by atoms with E-state index in [9.17, 15) is 0 Å². The molecule has 1 aromatic rings. The van der Waals surface area contributed by atoms with E-state index < -0.39 is 0 Å². The van der Waals surface area contributed by atoms with E-state index in [-0.39, 0.29) is 27.0 Å². The summed E-state index contributed by atoms with van der Waals surface area (Å²) in [6.07, 6.45) is 0.984. The summed E-state index contributed by atoms with van der Waals surface area (Å²) in [7, 11) is 0.0679. The number of hydrogen-bond donors (Lipinski definition) is 0. The van der Waals surface area contributed by atoms with Gasteiger partial charge in [-0.25, -0.2) is 0 Å². The molecule has 0 saturated carbocycles. The predicted octanol–water partition coefficient (Wildman–Crippen LogP) is 4.20. The second kappa shape index (κ2) is 7.05. The molecule has 0 radical (unpaired) electrons. The molecule has 1 aromatic carbocycles. The first kappa shape index (κ1) is 14.7. The van der Waals surface area contributed by atoms with Crippen LogP contribution in [0.25, 0.3) is 0 Å². The van der Waals surface area contributed by atoms with Crippen molar-refractivity contribution in [3.63, 3.8) is 0 Å². The van der Waals surface area contributed by atoms with Crippen molar-refractivity contribution >= 4 is 21.4 Å². The summed E-state index contributed by atoms with van der Waals surface area (Å²) < 4.78 is 11.0. The van der Waals surface area contributed by atoms with Gasteiger partial charge in [-0.1, -0.05) is 25.1 Å². The Balaban J connectivity index is 0.00000196. The molecule has 0 aliphatic carbocycles. The fourth-order valence-corrected chi connectivity index (χ4v) is 1.39. The van der Waals surface area contributed by atoms with E-state index in [1.54, 1.807) is 0 Å². The average Bonchev–Trinajstić information content (AvgIpc) is 2.19. The monoisotopic (exact) mass is 248 g/mol. The zero-order valence-electron chi connectivity index (χ0n) is 9.32. The van der Waals surface area contributed by atoms with Crippen molar-refractivity contribution in [3.8, 4) is 5.75 Å². The normalized spacial score (nSPS) is 11.4. The van der Waals surface area contributed by atoms with Crippen LogP contribution in [0.5, 0.6) is 5.75 Å². The third-order valence-electron chi connectivity index (χ3n) is 2.07. The topological polar surface area (TPSA) is 18.5 Å². The van der Waals surface area contributed by atoms with Gasteiger partial charge in [-0.05, 0) is 32.4 Å². The molecule has 0 fully saturated rings. The van der Waals surface area contributed by atoms with E-state index >= 15 is 0 Å². The molecule has 15 heavy (non-hydrogen) atoms. The Hall–Kier alpha value is -0.300. The third kappa shape index (κ3) is 5.99. The predicted molar refractivity (Wildman–Crippen MR) is 68.1 cm³/mol. The Morgan fingerprint density at radius 3 is 2.33 bits per heavy atom. The minimum absolute atomic E-state index is 0. The number of para-hydroxylation sites is 1. The van der Waals surface area contributed by atoms with Gasteiger partial charge in [0.15, 0.2) is 0 Å². The van der Waals surface area contributed by atoms with Gasteiger partial charge in [0.25, 0.3) is 0 Å². The van der Waals surface area contributed by atoms with Gasteiger partial charge in [-0.15, -0.1) is 12.4 Å². The van der Waals surface area contributed by atoms with Crippen LogP contribution in [0.2, 0.25) is 0 Å². The van der Waals surface area contributed by atoms with Crippen molar-refractivity contribution in [1.29, 1.82) is 0 Å². The molecule has 1 atom stereocenters. The summed E-state index contributed by atoms with van der Waals surface area (Å²) in [6, 6.07) is 9.72. The maximum Gasteiger partial charge on any atom is 0.215 e. The molecule has 0 aliphatic heterocycles. The Kier molecular flexibility index (Phi) is 6.91. The maximum absolute atomic E-state index is 5.59. The highest BCUT2D eigenvalue weighted by Crippen LogP contribution is 2.28. The van der Waals surface area contributed by atoms with Gasteiger partial charge in [-0.3, -0.25) is 0 Å². The molecule has 0 bridgehead atoms. The van der Waals surface area contributed by atoms with E-state index in [2.05, 4.69) is 20.8 Å². The van der Waals surface area contributed by atoms with Crippen LogP contribution in [0.3, 0.4) is 0 Å². The highest BCUT2D eigenvalue weighted by Gasteiger charge is 2.15. The zero-order valence-corrected chi connectivity index (χ0v) is 11.1. The largest absolute Gasteiger partial charge is 0.450 e. The standard InChI is InChI=1S/C11H17O2P.ClH/c1-4-11(2,3)13-14-12-10-8-6-5-7-9-10;/h5-9,14H,4H2,1-3H3;1H. The van der Waals surface area contributed by atoms with Gasteiger partial charge in [0.05, 0.1) is 5.60 Å². The van der Waals surface area contributed by atoms with Gasteiger partial charge < -0.3 is 9.05 Å². The second-order valence-corrected chi connectivity index (χ2v) is 4.29. The van der Waals surface area contributed by atoms with Crippen LogP contribution in [0.1, 0.15) is 27.2 Å². The van der Waals surface area contributed by atoms with Crippen molar-refractivity contribution < 1.29 is 9.05 Å². The molecule has 0 amide bonds. The molecular formula is C11H18ClO2P. The molecule has 1 rings (SSSR count). The first-order chi connectivity index (χ1) is 6.64. The van der Waals surface area contributed by atoms with Crippen molar-refractivity contribution in [3.05, 3.63) is 30.3 Å². The fourth-order valence-electron chi connectivity index (χ4n) is 0.742. The third-order valence-corrected chi connectivity index (χ3v) is 3.03. The van der Waals surface area contributed by atoms with Gasteiger partial charge in [0.2, 0.25) is 9.03 Å². The van der Waals surface area contributed by atoms with Crippen LogP contribution in [0.15, 0.2) is 30.3 Å². The highest BCUT2D eigenvalue weighted by atomic mass is 35.5. The van der Waals surface area contributed by atoms with Crippen LogP contribution in [0, 0.1) is 0 Å². The van der Waals surface area contributed by atoms with Crippen molar-refractivity contribution in [1.82, 2.24) is 0 Å². The molecular weight excluding hydrogens is 231 g/mol. The van der Waals surface area contributed by atoms with Crippen LogP contribution < -0.4 is 4.52 Å². The quantitative estimate of drug-likeness (QED) is 0.727. The summed E-state index contributed by atoms with van der Waals surface area (Å²) >= 11 is 0. The Morgan fingerprint density at radius 1 is 1.20 bits per heavy atom. The molecule has 86 valence electrons. The molecule has 0 heterocycles. The minimum Gasteiger partial charge on any atom is -0.450 e. The second-order valence-electron chi connectivity index (χ2n) is 3.71. The van der Waals surface area contributed by atoms with E-state index in [4.69, 9.17) is 9.05 Å². The fraction of sp³-hybridized carbons (Fsp3) is 0.455. The van der Waals surface area contributed by atoms with E-state index in [0.29, 0.717) is 0 Å². The maximum atomic E-state index is 5.59. The lowest BCUT2D eigenvalue weighted by molar-refractivity contribution is 0.117. The Morgan fingerprint density at radius 2 is 1.80 bits per heavy atom. The Bertz CT molecular complexity index is 265. The van der Waals surface area contributed by atoms with Gasteiger partial charge >= 0.3 is 0 Å².